The highest BCUT2D eigenvalue weighted by molar-refractivity contribution is 6.39. The molecule has 1 aliphatic carbocycles. The van der Waals surface area contributed by atoms with E-state index >= 15 is 0 Å². The van der Waals surface area contributed by atoms with Gasteiger partial charge in [-0.1, -0.05) is 71.1 Å². The van der Waals surface area contributed by atoms with Crippen LogP contribution in [0.2, 0.25) is 0 Å². The summed E-state index contributed by atoms with van der Waals surface area (Å²) in [5, 5.41) is 26.6. The first kappa shape index (κ1) is 71.6. The van der Waals surface area contributed by atoms with Gasteiger partial charge in [-0.15, -0.1) is 0 Å². The van der Waals surface area contributed by atoms with Gasteiger partial charge in [0.15, 0.2) is 5.78 Å². The number of ketones is 2. The van der Waals surface area contributed by atoms with Gasteiger partial charge >= 0.3 is 12.1 Å². The van der Waals surface area contributed by atoms with E-state index in [-0.39, 0.29) is 62.0 Å². The molecule has 0 aromatic heterocycles. The number of aliphatic hydroxyl groups is 2. The van der Waals surface area contributed by atoms with Gasteiger partial charge in [0.25, 0.3) is 11.7 Å². The molecule has 2 amide bonds. The second-order valence-corrected chi connectivity index (χ2v) is 23.3. The van der Waals surface area contributed by atoms with Crippen LogP contribution in [-0.2, 0) is 71.3 Å². The molecule has 474 valence electrons. The zero-order valence-electron chi connectivity index (χ0n) is 52.1. The lowest BCUT2D eigenvalue weighted by Crippen LogP contribution is -2.61. The Balaban J connectivity index is 1.55. The van der Waals surface area contributed by atoms with E-state index in [0.717, 1.165) is 5.57 Å². The van der Waals surface area contributed by atoms with Gasteiger partial charge in [-0.25, -0.2) is 9.59 Å². The van der Waals surface area contributed by atoms with E-state index in [4.69, 9.17) is 52.1 Å². The summed E-state index contributed by atoms with van der Waals surface area (Å²) in [7, 11) is 6.17. The van der Waals surface area contributed by atoms with Crippen molar-refractivity contribution in [2.24, 2.45) is 35.5 Å². The lowest BCUT2D eigenvalue weighted by molar-refractivity contribution is -0.265. The van der Waals surface area contributed by atoms with E-state index < -0.39 is 96.2 Å². The van der Waals surface area contributed by atoms with Crippen molar-refractivity contribution in [3.05, 3.63) is 47.6 Å². The highest BCUT2D eigenvalue weighted by Crippen LogP contribution is 2.38. The Morgan fingerprint density at radius 2 is 1.43 bits per heavy atom. The molecule has 1 saturated carbocycles. The average Bonchev–Trinajstić information content (AvgIpc) is 3.66. The van der Waals surface area contributed by atoms with Crippen molar-refractivity contribution >= 4 is 29.5 Å². The molecule has 0 radical (unpaired) electrons. The molecule has 2 saturated heterocycles. The molecule has 0 aromatic carbocycles. The van der Waals surface area contributed by atoms with E-state index in [0.29, 0.717) is 116 Å². The number of rotatable bonds is 21. The number of Topliss-reactive ketones (excluding diaryl/α,β-unsaturated/α-hetero) is 2. The Kier molecular flexibility index (Phi) is 32.4. The number of allylic oxidation sites excluding steroid dienone is 5. The molecule has 3 fully saturated rings. The van der Waals surface area contributed by atoms with Crippen LogP contribution in [0.1, 0.15) is 132 Å². The third-order valence-electron chi connectivity index (χ3n) is 17.0. The third-order valence-corrected chi connectivity index (χ3v) is 17.0. The van der Waals surface area contributed by atoms with Gasteiger partial charge in [-0.05, 0) is 114 Å². The molecule has 0 aromatic rings. The predicted molar refractivity (Wildman–Crippen MR) is 312 cm³/mol. The number of ether oxygens (including phenoxy) is 11. The zero-order chi connectivity index (χ0) is 61.1. The first-order chi connectivity index (χ1) is 39.7. The van der Waals surface area contributed by atoms with Crippen molar-refractivity contribution in [3.8, 4) is 0 Å². The van der Waals surface area contributed by atoms with Crippen molar-refractivity contribution in [2.75, 3.05) is 94.4 Å². The quantitative estimate of drug-likeness (QED) is 0.0437. The number of piperidine rings is 1. The van der Waals surface area contributed by atoms with E-state index in [1.54, 1.807) is 35.2 Å². The summed E-state index contributed by atoms with van der Waals surface area (Å²) in [6, 6.07) is -1.12. The first-order valence-corrected chi connectivity index (χ1v) is 30.5. The lowest BCUT2D eigenvalue weighted by Gasteiger charge is -2.43. The normalized spacial score (nSPS) is 35.0. The Labute approximate surface area is 495 Å². The van der Waals surface area contributed by atoms with Gasteiger partial charge in [0.1, 0.15) is 30.5 Å². The van der Waals surface area contributed by atoms with E-state index in [2.05, 4.69) is 5.32 Å². The van der Waals surface area contributed by atoms with E-state index in [1.165, 1.54) is 12.0 Å². The van der Waals surface area contributed by atoms with Crippen LogP contribution in [0.15, 0.2) is 47.6 Å². The number of hydrogen-bond donors (Lipinski definition) is 3. The van der Waals surface area contributed by atoms with Crippen LogP contribution in [0.4, 0.5) is 4.79 Å². The van der Waals surface area contributed by atoms with Gasteiger partial charge in [-0.3, -0.25) is 14.4 Å². The Morgan fingerprint density at radius 3 is 2.08 bits per heavy atom. The summed E-state index contributed by atoms with van der Waals surface area (Å²) in [5.41, 5.74) is 1.39. The fourth-order valence-corrected chi connectivity index (χ4v) is 11.9. The van der Waals surface area contributed by atoms with Crippen LogP contribution >= 0.6 is 0 Å². The maximum Gasteiger partial charge on any atom is 0.407 e. The molecular formula is C63H104N2O18. The Bertz CT molecular complexity index is 2100. The van der Waals surface area contributed by atoms with Crippen LogP contribution in [0.5, 0.6) is 0 Å². The van der Waals surface area contributed by atoms with Crippen molar-refractivity contribution in [1.82, 2.24) is 10.2 Å². The fourth-order valence-electron chi connectivity index (χ4n) is 11.9. The smallest absolute Gasteiger partial charge is 0.407 e. The molecule has 4 aliphatic rings. The molecule has 20 heteroatoms. The molecule has 3 aliphatic heterocycles. The molecule has 0 unspecified atom stereocenters. The van der Waals surface area contributed by atoms with Gasteiger partial charge < -0.3 is 72.5 Å². The highest BCUT2D eigenvalue weighted by atomic mass is 16.6. The van der Waals surface area contributed by atoms with Crippen molar-refractivity contribution in [2.45, 2.75) is 193 Å². The second-order valence-electron chi connectivity index (χ2n) is 23.3. The summed E-state index contributed by atoms with van der Waals surface area (Å²) >= 11 is 0. The van der Waals surface area contributed by atoms with E-state index in [1.807, 2.05) is 78.0 Å². The second kappa shape index (κ2) is 37.6. The molecule has 2 bridgehead atoms. The predicted octanol–water partition coefficient (Wildman–Crippen LogP) is 7.45. The largest absolute Gasteiger partial charge is 0.460 e. The number of carbonyl (C=O) groups is 5. The average molecular weight is 1180 g/mol. The fraction of sp³-hybridized carbons (Fsp3) is 0.794. The summed E-state index contributed by atoms with van der Waals surface area (Å²) in [6.07, 6.45) is 11.0. The number of alkyl carbamates (subject to hydrolysis) is 1. The molecule has 3 heterocycles. The summed E-state index contributed by atoms with van der Waals surface area (Å²) < 4.78 is 64.1. The van der Waals surface area contributed by atoms with Gasteiger partial charge in [-0.2, -0.15) is 0 Å². The summed E-state index contributed by atoms with van der Waals surface area (Å²) in [6.45, 7) is 19.1. The summed E-state index contributed by atoms with van der Waals surface area (Å²) in [4.78, 5) is 71.8. The topological polar surface area (TPSA) is 243 Å². The maximum absolute atomic E-state index is 14.8. The number of aliphatic hydroxyl groups excluding tert-OH is 1. The van der Waals surface area contributed by atoms with Gasteiger partial charge in [0, 0.05) is 78.7 Å². The van der Waals surface area contributed by atoms with Gasteiger partial charge in [0.2, 0.25) is 5.79 Å². The molecule has 3 N–H and O–H groups in total. The third kappa shape index (κ3) is 22.7. The number of methoxy groups -OCH3 is 4. The minimum Gasteiger partial charge on any atom is -0.460 e. The number of carbonyl (C=O) groups excluding carboxylic acids is 5. The SMILES string of the molecule is CCOCCOCCOCCOCCNC(=O)O[C@@H]1CC[C@@H](C[C@@H](C)[C@@H]2C[C@@H](OC)[C@H](C)/C=C(\C)[C@@H](O)[C@@H](OC)C(=O)[C@H](C)C[C@H](C)/C=C/C=C/C=C(\C)[C@@H](OC)C[C@@H]3CC[C@@H](C)[C@@](O)(O3)C(=O)C(=O)N3CCCC[C@H]3C(=O)O2)C[C@H]1OC. The molecule has 4 rings (SSSR count). The number of nitrogens with one attached hydrogen (secondary N) is 1. The van der Waals surface area contributed by atoms with Gasteiger partial charge in [0.05, 0.1) is 70.7 Å². The van der Waals surface area contributed by atoms with Crippen molar-refractivity contribution in [1.29, 1.82) is 0 Å². The van der Waals surface area contributed by atoms with Crippen LogP contribution < -0.4 is 5.32 Å². The summed E-state index contributed by atoms with van der Waals surface area (Å²) in [5.74, 6) is -7.15. The van der Waals surface area contributed by atoms with Crippen molar-refractivity contribution in [3.63, 3.8) is 0 Å². The first-order valence-electron chi connectivity index (χ1n) is 30.5. The molecule has 20 nitrogen and oxygen atoms in total. The van der Waals surface area contributed by atoms with E-state index in [9.17, 15) is 34.2 Å². The maximum atomic E-state index is 14.8. The standard InChI is InChI=1S/C63H104N2O18/c1-13-77-29-30-79-33-34-80-32-31-78-28-26-64-62(71)82-51-25-23-48(38-55(51)75-11)37-44(5)54-40-53(74-10)43(4)36-46(7)57(67)58(76-12)56(66)45(6)35-41(2)19-15-14-16-20-42(3)52(73-9)39-49-24-22-47(8)63(72,83-49)59(68)60(69)65-27-18-17-21-50(65)61(70)81-54/h14-16,19-20,36,41,43-45,47-55,57-58,67,72H,13,17-18,21-35,37-40H2,1-12H3,(H,64,71)/b16-14+,19-15+,42-20+,46-36+/t41-,43-,44-,45-,47-,48+,49+,50+,51-,52+,53-,54+,55-,57-,58+,63-/m1/s1. The number of cyclic esters (lactones) is 1. The lowest BCUT2D eigenvalue weighted by atomic mass is 9.78. The zero-order valence-corrected chi connectivity index (χ0v) is 52.1. The number of amides is 2. The minimum atomic E-state index is -2.44. The molecule has 0 spiro atoms. The monoisotopic (exact) mass is 1180 g/mol. The molecule has 16 atom stereocenters. The number of fused-ring (bicyclic) bond motifs is 3. The Hall–Kier alpha value is -3.93. The number of nitrogens with zero attached hydrogens (tertiary/aromatic N) is 1. The number of hydrogen-bond acceptors (Lipinski definition) is 18. The molecular weight excluding hydrogens is 1070 g/mol. The van der Waals surface area contributed by atoms with Crippen LogP contribution in [0.25, 0.3) is 0 Å². The van der Waals surface area contributed by atoms with Crippen LogP contribution in [-0.4, -0.2) is 200 Å². The molecule has 83 heavy (non-hydrogen) atoms. The van der Waals surface area contributed by atoms with Crippen LogP contribution in [0, 0.1) is 35.5 Å². The minimum absolute atomic E-state index is 0.0238. The highest BCUT2D eigenvalue weighted by Gasteiger charge is 2.53. The van der Waals surface area contributed by atoms with Crippen molar-refractivity contribution < 1.29 is 86.3 Å². The Morgan fingerprint density at radius 1 is 0.759 bits per heavy atom. The number of esters is 1. The van der Waals surface area contributed by atoms with Crippen LogP contribution in [0.3, 0.4) is 0 Å².